The minimum Gasteiger partial charge on any atom is -0.444 e. The van der Waals surface area contributed by atoms with Crippen LogP contribution in [0.4, 0.5) is 16.2 Å². The van der Waals surface area contributed by atoms with Crippen molar-refractivity contribution < 1.29 is 19.1 Å². The number of para-hydroxylation sites is 2. The number of rotatable bonds is 5. The largest absolute Gasteiger partial charge is 0.444 e. The molecule has 8 nitrogen and oxygen atoms in total. The standard InChI is InChI=1S/C30H36N4O4/c1-19-15-16-21-11-7-8-12-22(21)23(19)18-34-26-14-10-9-13-24(26)31-17-25(28(34)36)32-27(35)20(2)33(6)29(37)38-30(3,4)5/h7-16,20,25,31H,17-18H2,1-6H3,(H,32,35). The van der Waals surface area contributed by atoms with Gasteiger partial charge < -0.3 is 20.3 Å². The van der Waals surface area contributed by atoms with E-state index in [4.69, 9.17) is 4.74 Å². The second-order valence-corrected chi connectivity index (χ2v) is 10.7. The van der Waals surface area contributed by atoms with Crippen molar-refractivity contribution in [2.45, 2.75) is 58.8 Å². The molecule has 0 saturated heterocycles. The highest BCUT2D eigenvalue weighted by atomic mass is 16.6. The second-order valence-electron chi connectivity index (χ2n) is 10.7. The minimum atomic E-state index is -0.836. The molecule has 3 amide bonds. The van der Waals surface area contributed by atoms with Gasteiger partial charge in [-0.25, -0.2) is 4.79 Å². The summed E-state index contributed by atoms with van der Waals surface area (Å²) in [5.41, 5.74) is 3.01. The van der Waals surface area contributed by atoms with Crippen molar-refractivity contribution >= 4 is 40.1 Å². The first kappa shape index (κ1) is 27.0. The molecular formula is C30H36N4O4. The number of hydrogen-bond acceptors (Lipinski definition) is 5. The number of fused-ring (bicyclic) bond motifs is 2. The molecule has 1 heterocycles. The van der Waals surface area contributed by atoms with Crippen LogP contribution < -0.4 is 15.5 Å². The quantitative estimate of drug-likeness (QED) is 0.506. The van der Waals surface area contributed by atoms with Crippen molar-refractivity contribution in [2.75, 3.05) is 23.8 Å². The summed E-state index contributed by atoms with van der Waals surface area (Å²) < 4.78 is 5.39. The van der Waals surface area contributed by atoms with E-state index in [2.05, 4.69) is 34.9 Å². The van der Waals surface area contributed by atoms with E-state index in [0.717, 1.165) is 33.3 Å². The molecule has 0 aliphatic carbocycles. The van der Waals surface area contributed by atoms with E-state index >= 15 is 0 Å². The summed E-state index contributed by atoms with van der Waals surface area (Å²) in [6, 6.07) is 18.2. The number of nitrogens with one attached hydrogen (secondary N) is 2. The maximum Gasteiger partial charge on any atom is 0.410 e. The molecule has 8 heteroatoms. The van der Waals surface area contributed by atoms with Gasteiger partial charge in [0.1, 0.15) is 17.7 Å². The third-order valence-corrected chi connectivity index (χ3v) is 6.81. The highest BCUT2D eigenvalue weighted by molar-refractivity contribution is 6.04. The number of carbonyl (C=O) groups is 3. The van der Waals surface area contributed by atoms with Gasteiger partial charge in [-0.3, -0.25) is 14.5 Å². The van der Waals surface area contributed by atoms with Gasteiger partial charge in [0.25, 0.3) is 5.91 Å². The molecule has 1 aliphatic rings. The predicted octanol–water partition coefficient (Wildman–Crippen LogP) is 4.85. The average molecular weight is 517 g/mol. The van der Waals surface area contributed by atoms with Crippen molar-refractivity contribution in [3.8, 4) is 0 Å². The molecule has 2 atom stereocenters. The molecule has 4 rings (SSSR count). The zero-order valence-corrected chi connectivity index (χ0v) is 22.9. The van der Waals surface area contributed by atoms with Gasteiger partial charge in [-0.15, -0.1) is 0 Å². The zero-order valence-electron chi connectivity index (χ0n) is 22.9. The molecule has 0 radical (unpaired) electrons. The highest BCUT2D eigenvalue weighted by Crippen LogP contribution is 2.32. The van der Waals surface area contributed by atoms with Crippen LogP contribution in [0.25, 0.3) is 10.8 Å². The summed E-state index contributed by atoms with van der Waals surface area (Å²) in [6.07, 6.45) is -0.606. The topological polar surface area (TPSA) is 91.0 Å². The van der Waals surface area contributed by atoms with Gasteiger partial charge in [-0.05, 0) is 68.7 Å². The Labute approximate surface area is 223 Å². The molecule has 0 aromatic heterocycles. The van der Waals surface area contributed by atoms with Gasteiger partial charge in [0.15, 0.2) is 0 Å². The minimum absolute atomic E-state index is 0.218. The molecule has 0 fully saturated rings. The number of carbonyl (C=O) groups excluding carboxylic acids is 3. The van der Waals surface area contributed by atoms with Crippen LogP contribution in [-0.4, -0.2) is 54.1 Å². The fraction of sp³-hybridized carbons (Fsp3) is 0.367. The predicted molar refractivity (Wildman–Crippen MR) is 150 cm³/mol. The Kier molecular flexibility index (Phi) is 7.62. The number of aryl methyl sites for hydroxylation is 1. The molecule has 0 saturated carbocycles. The van der Waals surface area contributed by atoms with Crippen molar-refractivity contribution in [3.63, 3.8) is 0 Å². The van der Waals surface area contributed by atoms with Gasteiger partial charge in [0.2, 0.25) is 5.91 Å². The Balaban J connectivity index is 1.61. The Morgan fingerprint density at radius 3 is 2.53 bits per heavy atom. The SMILES string of the molecule is Cc1ccc2ccccc2c1CN1C(=O)C(NC(=O)C(C)N(C)C(=O)OC(C)(C)C)CNc2ccccc21. The first-order valence-corrected chi connectivity index (χ1v) is 12.8. The molecule has 3 aromatic rings. The van der Waals surface area contributed by atoms with Crippen LogP contribution in [-0.2, 0) is 20.9 Å². The van der Waals surface area contributed by atoms with E-state index in [-0.39, 0.29) is 12.5 Å². The normalized spacial score (nSPS) is 16.2. The molecule has 0 bridgehead atoms. The van der Waals surface area contributed by atoms with Gasteiger partial charge in [-0.2, -0.15) is 0 Å². The van der Waals surface area contributed by atoms with E-state index in [9.17, 15) is 14.4 Å². The summed E-state index contributed by atoms with van der Waals surface area (Å²) in [5.74, 6) is -0.666. The van der Waals surface area contributed by atoms with Gasteiger partial charge >= 0.3 is 6.09 Å². The smallest absolute Gasteiger partial charge is 0.410 e. The van der Waals surface area contributed by atoms with E-state index in [0.29, 0.717) is 6.54 Å². The number of nitrogens with zero attached hydrogens (tertiary/aromatic N) is 2. The molecular weight excluding hydrogens is 480 g/mol. The average Bonchev–Trinajstić information content (AvgIpc) is 3.00. The van der Waals surface area contributed by atoms with Crippen LogP contribution in [0.5, 0.6) is 0 Å². The van der Waals surface area contributed by atoms with Crippen molar-refractivity contribution in [2.24, 2.45) is 0 Å². The fourth-order valence-electron chi connectivity index (χ4n) is 4.51. The Morgan fingerprint density at radius 1 is 1.11 bits per heavy atom. The Bertz CT molecular complexity index is 1360. The number of hydrogen-bond donors (Lipinski definition) is 2. The first-order valence-electron chi connectivity index (χ1n) is 12.8. The van der Waals surface area contributed by atoms with E-state index in [1.165, 1.54) is 11.9 Å². The number of benzene rings is 3. The number of amides is 3. The van der Waals surface area contributed by atoms with Crippen molar-refractivity contribution in [1.82, 2.24) is 10.2 Å². The molecule has 0 spiro atoms. The van der Waals surface area contributed by atoms with E-state index in [1.54, 1.807) is 32.6 Å². The van der Waals surface area contributed by atoms with E-state index in [1.807, 2.05) is 43.3 Å². The van der Waals surface area contributed by atoms with Crippen LogP contribution >= 0.6 is 0 Å². The number of anilines is 2. The molecule has 3 aromatic carbocycles. The van der Waals surface area contributed by atoms with Gasteiger partial charge in [0, 0.05) is 13.6 Å². The Morgan fingerprint density at radius 2 is 1.79 bits per heavy atom. The number of likely N-dealkylation sites (N-methyl/N-ethyl adjacent to an activating group) is 1. The lowest BCUT2D eigenvalue weighted by atomic mass is 9.99. The second kappa shape index (κ2) is 10.7. The molecule has 1 aliphatic heterocycles. The maximum absolute atomic E-state index is 14.0. The molecule has 200 valence electrons. The van der Waals surface area contributed by atoms with E-state index < -0.39 is 29.7 Å². The lowest BCUT2D eigenvalue weighted by Gasteiger charge is -2.30. The Hall–Kier alpha value is -4.07. The van der Waals surface area contributed by atoms with Crippen LogP contribution in [0.15, 0.2) is 60.7 Å². The van der Waals surface area contributed by atoms with Gasteiger partial charge in [-0.1, -0.05) is 48.5 Å². The molecule has 2 unspecified atom stereocenters. The fourth-order valence-corrected chi connectivity index (χ4v) is 4.51. The summed E-state index contributed by atoms with van der Waals surface area (Å²) in [7, 11) is 1.51. The zero-order chi connectivity index (χ0) is 27.6. The van der Waals surface area contributed by atoms with Crippen LogP contribution in [0.1, 0.15) is 38.8 Å². The first-order chi connectivity index (χ1) is 18.0. The highest BCUT2D eigenvalue weighted by Gasteiger charge is 2.34. The van der Waals surface area contributed by atoms with Crippen molar-refractivity contribution in [3.05, 3.63) is 71.8 Å². The van der Waals surface area contributed by atoms with Gasteiger partial charge in [0.05, 0.1) is 17.9 Å². The van der Waals surface area contributed by atoms with Crippen molar-refractivity contribution in [1.29, 1.82) is 0 Å². The summed E-state index contributed by atoms with van der Waals surface area (Å²) >= 11 is 0. The lowest BCUT2D eigenvalue weighted by Crippen LogP contribution is -2.55. The maximum atomic E-state index is 14.0. The number of ether oxygens (including phenoxy) is 1. The monoisotopic (exact) mass is 516 g/mol. The lowest BCUT2D eigenvalue weighted by molar-refractivity contribution is -0.130. The molecule has 38 heavy (non-hydrogen) atoms. The third kappa shape index (κ3) is 5.74. The third-order valence-electron chi connectivity index (χ3n) is 6.81. The van der Waals surface area contributed by atoms with Crippen LogP contribution in [0.3, 0.4) is 0 Å². The van der Waals surface area contributed by atoms with Crippen LogP contribution in [0.2, 0.25) is 0 Å². The summed E-state index contributed by atoms with van der Waals surface area (Å²) in [5, 5.41) is 8.37. The summed E-state index contributed by atoms with van der Waals surface area (Å²) in [6.45, 7) is 9.53. The molecule has 2 N–H and O–H groups in total. The summed E-state index contributed by atoms with van der Waals surface area (Å²) in [4.78, 5) is 42.6. The van der Waals surface area contributed by atoms with Crippen LogP contribution in [0, 0.1) is 6.92 Å².